The first kappa shape index (κ1) is 31.2. The molecule has 9 nitrogen and oxygen atoms in total. The van der Waals surface area contributed by atoms with Crippen molar-refractivity contribution in [3.8, 4) is 11.1 Å². The number of carbonyl (C=O) groups is 2. The Hall–Kier alpha value is -4.75. The van der Waals surface area contributed by atoms with Gasteiger partial charge in [-0.05, 0) is 49.7 Å². The number of pyridine rings is 2. The molecule has 0 aliphatic carbocycles. The number of fused-ring (bicyclic) bond motifs is 1. The zero-order valence-electron chi connectivity index (χ0n) is 23.6. The summed E-state index contributed by atoms with van der Waals surface area (Å²) in [6.07, 6.45) is -2.21. The van der Waals surface area contributed by atoms with Crippen LogP contribution in [0.15, 0.2) is 53.6 Å². The molecule has 0 unspecified atom stereocenters. The van der Waals surface area contributed by atoms with E-state index in [-0.39, 0.29) is 12.0 Å². The number of nitrogens with one attached hydrogen (secondary N) is 2. The third kappa shape index (κ3) is 6.37. The molecule has 0 radical (unpaired) electrons. The van der Waals surface area contributed by atoms with Gasteiger partial charge in [-0.15, -0.1) is 0 Å². The molecule has 0 saturated carbocycles. The van der Waals surface area contributed by atoms with Gasteiger partial charge in [0, 0.05) is 48.5 Å². The first-order chi connectivity index (χ1) is 20.3. The van der Waals surface area contributed by atoms with Crippen LogP contribution in [0.3, 0.4) is 0 Å². The standard InChI is InChI=1S/C29H28F5N5O4/c1-5-23(29(32,33)34)36-16-12-20(30)24(21(31)13-16)26(40)37-22(28(42)43-4)14-17-7-9-18(25-35-10-11-39(17)25)19-8-6-15(2)38(3)27(19)41/h6-13,22-23,36H,5,14H2,1-4H3,(H,37,40)/t22-,23+/m0/s1. The lowest BCUT2D eigenvalue weighted by Gasteiger charge is -2.22. The van der Waals surface area contributed by atoms with Gasteiger partial charge in [-0.3, -0.25) is 9.59 Å². The minimum atomic E-state index is -4.67. The number of hydrogen-bond acceptors (Lipinski definition) is 6. The molecule has 3 heterocycles. The number of ether oxygens (including phenoxy) is 1. The van der Waals surface area contributed by atoms with Crippen molar-refractivity contribution in [2.24, 2.45) is 7.05 Å². The van der Waals surface area contributed by atoms with E-state index in [1.165, 1.54) is 17.7 Å². The van der Waals surface area contributed by atoms with Crippen LogP contribution in [0.2, 0.25) is 0 Å². The van der Waals surface area contributed by atoms with Crippen molar-refractivity contribution < 1.29 is 36.3 Å². The monoisotopic (exact) mass is 605 g/mol. The van der Waals surface area contributed by atoms with E-state index < -0.39 is 59.4 Å². The van der Waals surface area contributed by atoms with E-state index in [0.29, 0.717) is 34.6 Å². The van der Waals surface area contributed by atoms with E-state index in [1.54, 1.807) is 48.8 Å². The summed E-state index contributed by atoms with van der Waals surface area (Å²) in [7, 11) is 2.71. The van der Waals surface area contributed by atoms with Gasteiger partial charge < -0.3 is 24.3 Å². The summed E-state index contributed by atoms with van der Waals surface area (Å²) in [6, 6.07) is 4.36. The molecule has 3 aromatic heterocycles. The van der Waals surface area contributed by atoms with Gasteiger partial charge in [-0.25, -0.2) is 18.6 Å². The van der Waals surface area contributed by atoms with E-state index in [9.17, 15) is 36.3 Å². The maximum Gasteiger partial charge on any atom is 0.408 e. The molecule has 2 N–H and O–H groups in total. The SMILES string of the molecule is CC[C@@H](Nc1cc(F)c(C(=O)N[C@@H](Cc2ccc(-c3ccc(C)n(C)c3=O)c3nccn23)C(=O)OC)c(F)c1)C(F)(F)F. The fraction of sp³-hybridized carbons (Fsp3) is 0.310. The summed E-state index contributed by atoms with van der Waals surface area (Å²) in [5, 5.41) is 4.27. The van der Waals surface area contributed by atoms with E-state index in [4.69, 9.17) is 4.74 Å². The molecule has 4 aromatic rings. The second-order valence-corrected chi connectivity index (χ2v) is 9.83. The normalized spacial score (nSPS) is 13.0. The number of alkyl halides is 3. The van der Waals surface area contributed by atoms with Crippen LogP contribution in [0.25, 0.3) is 16.8 Å². The predicted molar refractivity (Wildman–Crippen MR) is 148 cm³/mol. The van der Waals surface area contributed by atoms with Crippen LogP contribution in [0.5, 0.6) is 0 Å². The van der Waals surface area contributed by atoms with Gasteiger partial charge in [0.1, 0.15) is 34.9 Å². The number of methoxy groups -OCH3 is 1. The van der Waals surface area contributed by atoms with Gasteiger partial charge in [0.05, 0.1) is 12.7 Å². The van der Waals surface area contributed by atoms with Crippen LogP contribution in [-0.4, -0.2) is 51.2 Å². The van der Waals surface area contributed by atoms with Crippen molar-refractivity contribution in [1.82, 2.24) is 19.3 Å². The number of rotatable bonds is 9. The smallest absolute Gasteiger partial charge is 0.408 e. The third-order valence-electron chi connectivity index (χ3n) is 7.10. The lowest BCUT2D eigenvalue weighted by atomic mass is 10.0. The number of carbonyl (C=O) groups excluding carboxylic acids is 2. The van der Waals surface area contributed by atoms with Gasteiger partial charge >= 0.3 is 12.1 Å². The van der Waals surface area contributed by atoms with Crippen LogP contribution in [0.4, 0.5) is 27.6 Å². The molecule has 0 spiro atoms. The van der Waals surface area contributed by atoms with Gasteiger partial charge in [-0.1, -0.05) is 6.92 Å². The van der Waals surface area contributed by atoms with Crippen LogP contribution in [-0.2, 0) is 23.0 Å². The number of anilines is 1. The van der Waals surface area contributed by atoms with Crippen LogP contribution < -0.4 is 16.2 Å². The minimum absolute atomic E-state index is 0.204. The third-order valence-corrected chi connectivity index (χ3v) is 7.10. The first-order valence-corrected chi connectivity index (χ1v) is 13.1. The van der Waals surface area contributed by atoms with Gasteiger partial charge in [-0.2, -0.15) is 13.2 Å². The van der Waals surface area contributed by atoms with Crippen molar-refractivity contribution in [2.45, 2.75) is 44.9 Å². The minimum Gasteiger partial charge on any atom is -0.467 e. The molecule has 0 bridgehead atoms. The van der Waals surface area contributed by atoms with Crippen molar-refractivity contribution >= 4 is 23.2 Å². The van der Waals surface area contributed by atoms with Crippen LogP contribution >= 0.6 is 0 Å². The summed E-state index contributed by atoms with van der Waals surface area (Å²) in [4.78, 5) is 42.8. The highest BCUT2D eigenvalue weighted by Gasteiger charge is 2.38. The molecule has 14 heteroatoms. The fourth-order valence-electron chi connectivity index (χ4n) is 4.64. The quantitative estimate of drug-likeness (QED) is 0.214. The Balaban J connectivity index is 1.63. The molecule has 1 amide bonds. The molecule has 43 heavy (non-hydrogen) atoms. The molecule has 228 valence electrons. The Labute approximate surface area is 242 Å². The highest BCUT2D eigenvalue weighted by molar-refractivity contribution is 5.97. The summed E-state index contributed by atoms with van der Waals surface area (Å²) in [6.45, 7) is 3.04. The van der Waals surface area contributed by atoms with E-state index in [1.807, 2.05) is 5.32 Å². The van der Waals surface area contributed by atoms with Gasteiger partial charge in [0.25, 0.3) is 11.5 Å². The Morgan fingerprint density at radius 1 is 1.07 bits per heavy atom. The summed E-state index contributed by atoms with van der Waals surface area (Å²) < 4.78 is 76.9. The molecule has 0 saturated heterocycles. The largest absolute Gasteiger partial charge is 0.467 e. The Bertz CT molecular complexity index is 1720. The van der Waals surface area contributed by atoms with E-state index >= 15 is 0 Å². The van der Waals surface area contributed by atoms with Gasteiger partial charge in [0.2, 0.25) is 0 Å². The zero-order chi connectivity index (χ0) is 31.6. The number of benzene rings is 1. The van der Waals surface area contributed by atoms with Crippen LogP contribution in [0.1, 0.15) is 35.1 Å². The van der Waals surface area contributed by atoms with Crippen LogP contribution in [0, 0.1) is 18.6 Å². The maximum atomic E-state index is 14.9. The summed E-state index contributed by atoms with van der Waals surface area (Å²) >= 11 is 0. The number of aryl methyl sites for hydroxylation is 1. The second kappa shape index (κ2) is 12.2. The highest BCUT2D eigenvalue weighted by Crippen LogP contribution is 2.28. The Kier molecular flexibility index (Phi) is 8.88. The van der Waals surface area contributed by atoms with Crippen molar-refractivity contribution in [3.63, 3.8) is 0 Å². The fourth-order valence-corrected chi connectivity index (χ4v) is 4.64. The highest BCUT2D eigenvalue weighted by atomic mass is 19.4. The van der Waals surface area contributed by atoms with E-state index in [0.717, 1.165) is 12.8 Å². The second-order valence-electron chi connectivity index (χ2n) is 9.83. The Morgan fingerprint density at radius 2 is 1.72 bits per heavy atom. The van der Waals surface area contributed by atoms with Crippen molar-refractivity contribution in [3.05, 3.63) is 87.7 Å². The maximum absolute atomic E-state index is 14.9. The molecule has 0 fully saturated rings. The molecule has 4 rings (SSSR count). The van der Waals surface area contributed by atoms with Gasteiger partial charge in [0.15, 0.2) is 0 Å². The molecular weight excluding hydrogens is 577 g/mol. The van der Waals surface area contributed by atoms with E-state index in [2.05, 4.69) is 10.3 Å². The lowest BCUT2D eigenvalue weighted by molar-refractivity contribution is -0.143. The average Bonchev–Trinajstić information content (AvgIpc) is 3.44. The first-order valence-electron chi connectivity index (χ1n) is 13.1. The molecule has 0 aliphatic rings. The molecule has 0 aliphatic heterocycles. The van der Waals surface area contributed by atoms with Crippen molar-refractivity contribution in [1.29, 1.82) is 0 Å². The molecule has 1 aromatic carbocycles. The predicted octanol–water partition coefficient (Wildman–Crippen LogP) is 4.55. The average molecular weight is 606 g/mol. The topological polar surface area (TPSA) is 107 Å². The summed E-state index contributed by atoms with van der Waals surface area (Å²) in [5.41, 5.74) is 0.647. The number of aromatic nitrogens is 3. The number of nitrogens with zero attached hydrogens (tertiary/aromatic N) is 3. The number of esters is 1. The number of amides is 1. The Morgan fingerprint density at radius 3 is 2.33 bits per heavy atom. The van der Waals surface area contributed by atoms with Crippen molar-refractivity contribution in [2.75, 3.05) is 12.4 Å². The zero-order valence-corrected chi connectivity index (χ0v) is 23.6. The number of hydrogen-bond donors (Lipinski definition) is 2. The lowest BCUT2D eigenvalue weighted by Crippen LogP contribution is -2.44. The molecule has 2 atom stereocenters. The number of halogens is 5. The summed E-state index contributed by atoms with van der Waals surface area (Å²) in [5.74, 6) is -5.10. The molecular formula is C29H28F5N5O4. The number of imidazole rings is 1.